The van der Waals surface area contributed by atoms with Crippen LogP contribution in [0.5, 0.6) is 0 Å². The van der Waals surface area contributed by atoms with Gasteiger partial charge >= 0.3 is 0 Å². The zero-order valence-corrected chi connectivity index (χ0v) is 8.66. The van der Waals surface area contributed by atoms with E-state index >= 15 is 0 Å². The smallest absolute Gasteiger partial charge is 0.142 e. The van der Waals surface area contributed by atoms with Crippen molar-refractivity contribution in [2.45, 2.75) is 45.1 Å². The number of carbonyl (C=O) groups is 2. The highest BCUT2D eigenvalue weighted by atomic mass is 16.3. The lowest BCUT2D eigenvalue weighted by molar-refractivity contribution is -0.127. The molecule has 1 N–H and O–H groups in total. The largest absolute Gasteiger partial charge is 0.393 e. The third-order valence-electron chi connectivity index (χ3n) is 1.78. The van der Waals surface area contributed by atoms with Gasteiger partial charge in [-0.25, -0.2) is 0 Å². The quantitative estimate of drug-likeness (QED) is 0.366. The average Bonchev–Trinajstić information content (AvgIpc) is 2.02. The predicted octanol–water partition coefficient (Wildman–Crippen LogP) is 1.64. The molecule has 0 aromatic heterocycles. The van der Waals surface area contributed by atoms with E-state index in [9.17, 15) is 9.59 Å². The number of rotatable bonds is 8. The highest BCUT2D eigenvalue weighted by Crippen LogP contribution is 2.03. The Bertz CT molecular complexity index is 207. The Morgan fingerprint density at radius 3 is 2.57 bits per heavy atom. The second-order valence-electron chi connectivity index (χ2n) is 3.49. The number of aliphatic hydroxyl groups excluding tert-OH is 1. The summed E-state index contributed by atoms with van der Waals surface area (Å²) in [5.41, 5.74) is 0. The second kappa shape index (κ2) is 7.44. The number of hydrogen-bond acceptors (Lipinski definition) is 3. The van der Waals surface area contributed by atoms with Gasteiger partial charge in [0.05, 0.1) is 12.5 Å². The summed E-state index contributed by atoms with van der Waals surface area (Å²) in [5.74, 6) is -0.221. The molecule has 0 spiro atoms. The van der Waals surface area contributed by atoms with Crippen molar-refractivity contribution in [1.82, 2.24) is 0 Å². The van der Waals surface area contributed by atoms with Gasteiger partial charge in [-0.05, 0) is 19.8 Å². The highest BCUT2D eigenvalue weighted by molar-refractivity contribution is 5.99. The molecule has 14 heavy (non-hydrogen) atoms. The zero-order valence-electron chi connectivity index (χ0n) is 8.66. The molecule has 1 atom stereocenters. The summed E-state index contributed by atoms with van der Waals surface area (Å²) in [7, 11) is 0. The van der Waals surface area contributed by atoms with Crippen LogP contribution >= 0.6 is 0 Å². The molecule has 3 nitrogen and oxygen atoms in total. The molecule has 0 saturated carbocycles. The van der Waals surface area contributed by atoms with Gasteiger partial charge in [0.15, 0.2) is 0 Å². The molecule has 0 fully saturated rings. The standard InChI is InChI=1S/C11H18O3/c1-3-4-5-6-10(13)8-11(14)7-9(2)12/h3,9,12H,1,4-8H2,2H3. The lowest BCUT2D eigenvalue weighted by Gasteiger charge is -2.02. The molecule has 3 heteroatoms. The normalized spacial score (nSPS) is 12.1. The van der Waals surface area contributed by atoms with Crippen LogP contribution in [0.2, 0.25) is 0 Å². The minimum atomic E-state index is -0.650. The van der Waals surface area contributed by atoms with Crippen molar-refractivity contribution in [3.8, 4) is 0 Å². The maximum Gasteiger partial charge on any atom is 0.142 e. The van der Waals surface area contributed by atoms with E-state index in [1.165, 1.54) is 0 Å². The first-order valence-corrected chi connectivity index (χ1v) is 4.88. The van der Waals surface area contributed by atoms with E-state index in [-0.39, 0.29) is 24.4 Å². The summed E-state index contributed by atoms with van der Waals surface area (Å²) >= 11 is 0. The van der Waals surface area contributed by atoms with E-state index in [0.29, 0.717) is 6.42 Å². The Morgan fingerprint density at radius 1 is 1.43 bits per heavy atom. The van der Waals surface area contributed by atoms with Crippen LogP contribution in [0.4, 0.5) is 0 Å². The fourth-order valence-corrected chi connectivity index (χ4v) is 1.15. The molecule has 0 rings (SSSR count). The van der Waals surface area contributed by atoms with Crippen molar-refractivity contribution in [2.75, 3.05) is 0 Å². The van der Waals surface area contributed by atoms with E-state index in [1.54, 1.807) is 13.0 Å². The minimum absolute atomic E-state index is 0.0396. The number of carbonyl (C=O) groups excluding carboxylic acids is 2. The van der Waals surface area contributed by atoms with Gasteiger partial charge in [0.1, 0.15) is 11.6 Å². The van der Waals surface area contributed by atoms with Gasteiger partial charge in [0.2, 0.25) is 0 Å². The molecule has 0 amide bonds. The van der Waals surface area contributed by atoms with Crippen molar-refractivity contribution in [1.29, 1.82) is 0 Å². The van der Waals surface area contributed by atoms with Crippen LogP contribution in [-0.2, 0) is 9.59 Å². The minimum Gasteiger partial charge on any atom is -0.393 e. The van der Waals surface area contributed by atoms with E-state index < -0.39 is 6.10 Å². The number of unbranched alkanes of at least 4 members (excludes halogenated alkanes) is 1. The summed E-state index contributed by atoms with van der Waals surface area (Å²) in [4.78, 5) is 22.3. The van der Waals surface area contributed by atoms with Gasteiger partial charge in [0.25, 0.3) is 0 Å². The molecule has 0 radical (unpaired) electrons. The summed E-state index contributed by atoms with van der Waals surface area (Å²) in [5, 5.41) is 8.90. The van der Waals surface area contributed by atoms with Crippen LogP contribution in [0, 0.1) is 0 Å². The number of allylic oxidation sites excluding steroid dienone is 1. The Morgan fingerprint density at radius 2 is 2.07 bits per heavy atom. The molecule has 0 aliphatic rings. The van der Waals surface area contributed by atoms with Crippen molar-refractivity contribution < 1.29 is 14.7 Å². The number of aliphatic hydroxyl groups is 1. The molecule has 0 bridgehead atoms. The van der Waals surface area contributed by atoms with Crippen molar-refractivity contribution in [3.05, 3.63) is 12.7 Å². The molecule has 80 valence electrons. The molecule has 0 heterocycles. The molecule has 0 aliphatic heterocycles. The first-order chi connectivity index (χ1) is 6.56. The van der Waals surface area contributed by atoms with Crippen LogP contribution in [-0.4, -0.2) is 22.8 Å². The zero-order chi connectivity index (χ0) is 11.0. The van der Waals surface area contributed by atoms with E-state index in [4.69, 9.17) is 5.11 Å². The molecule has 0 aromatic rings. The fraction of sp³-hybridized carbons (Fsp3) is 0.636. The maximum atomic E-state index is 11.2. The molecular formula is C11H18O3. The topological polar surface area (TPSA) is 54.4 Å². The van der Waals surface area contributed by atoms with Crippen LogP contribution in [0.15, 0.2) is 12.7 Å². The summed E-state index contributed by atoms with van der Waals surface area (Å²) in [6.07, 6.45) is 3.13. The number of hydrogen-bond donors (Lipinski definition) is 1. The summed E-state index contributed by atoms with van der Waals surface area (Å²) < 4.78 is 0. The van der Waals surface area contributed by atoms with Crippen molar-refractivity contribution in [2.24, 2.45) is 0 Å². The Hall–Kier alpha value is -0.960. The third kappa shape index (κ3) is 7.68. The monoisotopic (exact) mass is 198 g/mol. The average molecular weight is 198 g/mol. The van der Waals surface area contributed by atoms with E-state index in [2.05, 4.69) is 6.58 Å². The SMILES string of the molecule is C=CCCCC(=O)CC(=O)CC(C)O. The molecule has 0 aliphatic carbocycles. The first-order valence-electron chi connectivity index (χ1n) is 4.88. The molecule has 0 aromatic carbocycles. The Labute approximate surface area is 84.8 Å². The fourth-order valence-electron chi connectivity index (χ4n) is 1.15. The lowest BCUT2D eigenvalue weighted by Crippen LogP contribution is -2.13. The lowest BCUT2D eigenvalue weighted by atomic mass is 10.1. The first kappa shape index (κ1) is 13.0. The van der Waals surface area contributed by atoms with Crippen LogP contribution < -0.4 is 0 Å². The molecule has 0 saturated heterocycles. The Kier molecular flexibility index (Phi) is 6.93. The van der Waals surface area contributed by atoms with Gasteiger partial charge in [-0.15, -0.1) is 6.58 Å². The highest BCUT2D eigenvalue weighted by Gasteiger charge is 2.11. The van der Waals surface area contributed by atoms with Crippen LogP contribution in [0.3, 0.4) is 0 Å². The maximum absolute atomic E-state index is 11.2. The van der Waals surface area contributed by atoms with Crippen LogP contribution in [0.25, 0.3) is 0 Å². The van der Waals surface area contributed by atoms with Gasteiger partial charge in [-0.2, -0.15) is 0 Å². The van der Waals surface area contributed by atoms with E-state index in [1.807, 2.05) is 0 Å². The van der Waals surface area contributed by atoms with Crippen molar-refractivity contribution >= 4 is 11.6 Å². The predicted molar refractivity (Wildman–Crippen MR) is 55.0 cm³/mol. The second-order valence-corrected chi connectivity index (χ2v) is 3.49. The Balaban J connectivity index is 3.60. The summed E-state index contributed by atoms with van der Waals surface area (Å²) in [6, 6.07) is 0. The van der Waals surface area contributed by atoms with Gasteiger partial charge in [-0.3, -0.25) is 9.59 Å². The number of Topliss-reactive ketones (excluding diaryl/α,β-unsaturated/α-hetero) is 2. The molecule has 1 unspecified atom stereocenters. The summed E-state index contributed by atoms with van der Waals surface area (Å²) in [6.45, 7) is 5.09. The van der Waals surface area contributed by atoms with Crippen molar-refractivity contribution in [3.63, 3.8) is 0 Å². The van der Waals surface area contributed by atoms with Gasteiger partial charge in [0, 0.05) is 12.8 Å². The molecular weight excluding hydrogens is 180 g/mol. The third-order valence-corrected chi connectivity index (χ3v) is 1.78. The van der Waals surface area contributed by atoms with E-state index in [0.717, 1.165) is 12.8 Å². The van der Waals surface area contributed by atoms with Gasteiger partial charge < -0.3 is 5.11 Å². The van der Waals surface area contributed by atoms with Crippen LogP contribution in [0.1, 0.15) is 39.0 Å². The van der Waals surface area contributed by atoms with Gasteiger partial charge in [-0.1, -0.05) is 6.08 Å². The number of ketones is 2.